The molecule has 8 heteroatoms. The summed E-state index contributed by atoms with van der Waals surface area (Å²) in [4.78, 5) is 36.0. The van der Waals surface area contributed by atoms with Crippen LogP contribution in [0.25, 0.3) is 0 Å². The quantitative estimate of drug-likeness (QED) is 0.649. The molecule has 1 atom stereocenters. The molecule has 0 heterocycles. The molecule has 0 bridgehead atoms. The number of hydrogen-bond acceptors (Lipinski definition) is 4. The van der Waals surface area contributed by atoms with Gasteiger partial charge in [-0.3, -0.25) is 19.3 Å². The number of benzene rings is 1. The first-order valence-corrected chi connectivity index (χ1v) is 8.27. The summed E-state index contributed by atoms with van der Waals surface area (Å²) in [6.07, 6.45) is 0. The maximum absolute atomic E-state index is 12.3. The Morgan fingerprint density at radius 3 is 2.44 bits per heavy atom. The summed E-state index contributed by atoms with van der Waals surface area (Å²) in [5, 5.41) is 15.0. The average Bonchev–Trinajstić information content (AvgIpc) is 2.48. The van der Waals surface area contributed by atoms with Gasteiger partial charge in [-0.15, -0.1) is 0 Å². The van der Waals surface area contributed by atoms with Crippen LogP contribution < -0.4 is 10.6 Å². The van der Waals surface area contributed by atoms with Crippen LogP contribution in [0.5, 0.6) is 0 Å². The summed E-state index contributed by atoms with van der Waals surface area (Å²) < 4.78 is 0. The van der Waals surface area contributed by atoms with Gasteiger partial charge >= 0.3 is 5.97 Å². The second-order valence-electron chi connectivity index (χ2n) is 5.95. The van der Waals surface area contributed by atoms with E-state index in [0.29, 0.717) is 10.7 Å². The molecule has 0 aliphatic heterocycles. The van der Waals surface area contributed by atoms with Crippen LogP contribution in [-0.4, -0.2) is 53.5 Å². The van der Waals surface area contributed by atoms with Gasteiger partial charge in [0.2, 0.25) is 11.8 Å². The van der Waals surface area contributed by atoms with Crippen LogP contribution in [0.15, 0.2) is 12.1 Å². The highest BCUT2D eigenvalue weighted by Gasteiger charge is 2.23. The van der Waals surface area contributed by atoms with E-state index in [1.807, 2.05) is 19.9 Å². The normalized spacial score (nSPS) is 11.9. The van der Waals surface area contributed by atoms with E-state index in [0.717, 1.165) is 11.1 Å². The monoisotopic (exact) mass is 369 g/mol. The van der Waals surface area contributed by atoms with Gasteiger partial charge in [-0.25, -0.2) is 0 Å². The van der Waals surface area contributed by atoms with Crippen molar-refractivity contribution in [2.24, 2.45) is 0 Å². The van der Waals surface area contributed by atoms with Crippen molar-refractivity contribution in [3.05, 3.63) is 28.3 Å². The fourth-order valence-corrected chi connectivity index (χ4v) is 2.75. The predicted octanol–water partition coefficient (Wildman–Crippen LogP) is 1.81. The fraction of sp³-hybridized carbons (Fsp3) is 0.471. The van der Waals surface area contributed by atoms with Gasteiger partial charge in [0.25, 0.3) is 0 Å². The van der Waals surface area contributed by atoms with Crippen molar-refractivity contribution in [2.45, 2.75) is 33.7 Å². The van der Waals surface area contributed by atoms with Gasteiger partial charge < -0.3 is 15.7 Å². The molecule has 0 spiro atoms. The number of halogens is 1. The molecular weight excluding hydrogens is 346 g/mol. The first kappa shape index (κ1) is 20.9. The third-order valence-electron chi connectivity index (χ3n) is 3.72. The van der Waals surface area contributed by atoms with E-state index in [4.69, 9.17) is 11.6 Å². The van der Waals surface area contributed by atoms with Gasteiger partial charge in [0, 0.05) is 20.0 Å². The number of hydrogen-bond donors (Lipinski definition) is 3. The van der Waals surface area contributed by atoms with Crippen LogP contribution in [-0.2, 0) is 14.4 Å². The number of amides is 2. The molecule has 25 heavy (non-hydrogen) atoms. The van der Waals surface area contributed by atoms with E-state index >= 15 is 0 Å². The molecule has 1 aromatic rings. The van der Waals surface area contributed by atoms with Crippen molar-refractivity contribution in [1.29, 1.82) is 0 Å². The maximum Gasteiger partial charge on any atom is 0.320 e. The highest BCUT2D eigenvalue weighted by atomic mass is 35.5. The minimum atomic E-state index is -1.04. The lowest BCUT2D eigenvalue weighted by molar-refractivity contribution is -0.142. The lowest BCUT2D eigenvalue weighted by Crippen LogP contribution is -2.46. The molecule has 0 saturated heterocycles. The molecule has 0 radical (unpaired) electrons. The molecule has 2 amide bonds. The molecule has 1 unspecified atom stereocenters. The summed E-state index contributed by atoms with van der Waals surface area (Å²) in [6, 6.07) is 2.78. The number of carboxylic acids is 1. The Hall–Kier alpha value is -2.12. The number of carbonyl (C=O) groups excluding carboxylic acids is 2. The third kappa shape index (κ3) is 6.72. The molecule has 0 saturated carbocycles. The van der Waals surface area contributed by atoms with Crippen molar-refractivity contribution in [1.82, 2.24) is 10.2 Å². The lowest BCUT2D eigenvalue weighted by Gasteiger charge is -2.26. The first-order valence-electron chi connectivity index (χ1n) is 7.89. The van der Waals surface area contributed by atoms with Gasteiger partial charge in [-0.1, -0.05) is 17.7 Å². The zero-order valence-corrected chi connectivity index (χ0v) is 15.6. The summed E-state index contributed by atoms with van der Waals surface area (Å²) in [5.74, 6) is -1.63. The first-order chi connectivity index (χ1) is 11.6. The molecule has 0 aliphatic rings. The van der Waals surface area contributed by atoms with Crippen LogP contribution in [0.3, 0.4) is 0 Å². The van der Waals surface area contributed by atoms with Crippen LogP contribution in [0, 0.1) is 13.8 Å². The molecule has 138 valence electrons. The molecule has 1 rings (SSSR count). The minimum absolute atomic E-state index is 0.128. The van der Waals surface area contributed by atoms with Crippen LogP contribution in [0.2, 0.25) is 5.02 Å². The summed E-state index contributed by atoms with van der Waals surface area (Å²) in [7, 11) is 0. The standard InChI is InChI=1S/C17H24ClN3O4/c1-10-7-11(2)16(14(18)8-10)20-15(23)9-21(12(3)17(24)25)6-5-19-13(4)22/h7-8,12H,5-6,9H2,1-4H3,(H,19,22)(H,20,23)(H,24,25). The van der Waals surface area contributed by atoms with Gasteiger partial charge in [-0.05, 0) is 38.0 Å². The highest BCUT2D eigenvalue weighted by Crippen LogP contribution is 2.27. The average molecular weight is 370 g/mol. The number of rotatable bonds is 8. The molecular formula is C17H24ClN3O4. The SMILES string of the molecule is CC(=O)NCCN(CC(=O)Nc1c(C)cc(C)cc1Cl)C(C)C(=O)O. The number of carboxylic acid groups (broad SMARTS) is 1. The predicted molar refractivity (Wildman–Crippen MR) is 96.9 cm³/mol. The van der Waals surface area contributed by atoms with E-state index in [2.05, 4.69) is 10.6 Å². The molecule has 1 aromatic carbocycles. The molecule has 3 N–H and O–H groups in total. The van der Waals surface area contributed by atoms with Crippen molar-refractivity contribution in [3.8, 4) is 0 Å². The van der Waals surface area contributed by atoms with Crippen molar-refractivity contribution in [3.63, 3.8) is 0 Å². The van der Waals surface area contributed by atoms with E-state index in [1.165, 1.54) is 18.7 Å². The smallest absolute Gasteiger partial charge is 0.320 e. The summed E-state index contributed by atoms with van der Waals surface area (Å²) >= 11 is 6.18. The molecule has 7 nitrogen and oxygen atoms in total. The van der Waals surface area contributed by atoms with E-state index in [-0.39, 0.29) is 31.4 Å². The van der Waals surface area contributed by atoms with Crippen molar-refractivity contribution < 1.29 is 19.5 Å². The Morgan fingerprint density at radius 1 is 1.28 bits per heavy atom. The minimum Gasteiger partial charge on any atom is -0.480 e. The second kappa shape index (κ2) is 9.39. The zero-order chi connectivity index (χ0) is 19.1. The Balaban J connectivity index is 2.80. The van der Waals surface area contributed by atoms with Crippen LogP contribution in [0.1, 0.15) is 25.0 Å². The van der Waals surface area contributed by atoms with Gasteiger partial charge in [-0.2, -0.15) is 0 Å². The van der Waals surface area contributed by atoms with Crippen molar-refractivity contribution >= 4 is 35.1 Å². The van der Waals surface area contributed by atoms with E-state index in [9.17, 15) is 19.5 Å². The summed E-state index contributed by atoms with van der Waals surface area (Å²) in [6.45, 7) is 6.97. The number of nitrogens with zero attached hydrogens (tertiary/aromatic N) is 1. The van der Waals surface area contributed by atoms with E-state index < -0.39 is 12.0 Å². The lowest BCUT2D eigenvalue weighted by atomic mass is 10.1. The molecule has 0 fully saturated rings. The Labute approximate surface area is 152 Å². The Kier molecular flexibility index (Phi) is 7.86. The van der Waals surface area contributed by atoms with Crippen LogP contribution >= 0.6 is 11.6 Å². The topological polar surface area (TPSA) is 98.7 Å². The van der Waals surface area contributed by atoms with Gasteiger partial charge in [0.1, 0.15) is 6.04 Å². The highest BCUT2D eigenvalue weighted by molar-refractivity contribution is 6.34. The number of aliphatic carboxylic acids is 1. The van der Waals surface area contributed by atoms with Gasteiger partial charge in [0.05, 0.1) is 17.3 Å². The third-order valence-corrected chi connectivity index (χ3v) is 4.02. The number of anilines is 1. The largest absolute Gasteiger partial charge is 0.480 e. The number of aryl methyl sites for hydroxylation is 2. The summed E-state index contributed by atoms with van der Waals surface area (Å²) in [5.41, 5.74) is 2.33. The van der Waals surface area contributed by atoms with Crippen molar-refractivity contribution in [2.75, 3.05) is 25.0 Å². The van der Waals surface area contributed by atoms with E-state index in [1.54, 1.807) is 6.07 Å². The Bertz CT molecular complexity index is 640. The van der Waals surface area contributed by atoms with Crippen LogP contribution in [0.4, 0.5) is 5.69 Å². The second-order valence-corrected chi connectivity index (χ2v) is 6.36. The fourth-order valence-electron chi connectivity index (χ4n) is 2.38. The maximum atomic E-state index is 12.3. The number of carbonyl (C=O) groups is 3. The molecule has 0 aromatic heterocycles. The number of nitrogens with one attached hydrogen (secondary N) is 2. The van der Waals surface area contributed by atoms with Gasteiger partial charge in [0.15, 0.2) is 0 Å². The zero-order valence-electron chi connectivity index (χ0n) is 14.9. The Morgan fingerprint density at radius 2 is 1.92 bits per heavy atom. The molecule has 0 aliphatic carbocycles.